The van der Waals surface area contributed by atoms with Crippen molar-refractivity contribution in [2.45, 2.75) is 48.0 Å². The van der Waals surface area contributed by atoms with Gasteiger partial charge in [-0.3, -0.25) is 4.79 Å². The lowest BCUT2D eigenvalue weighted by Gasteiger charge is -2.21. The molecule has 7 nitrogen and oxygen atoms in total. The minimum absolute atomic E-state index is 0.181. The van der Waals surface area contributed by atoms with Crippen LogP contribution in [0.5, 0.6) is 0 Å². The first kappa shape index (κ1) is 23.4. The number of nitrogens with one attached hydrogen (secondary N) is 2. The first-order valence-electron chi connectivity index (χ1n) is 9.61. The summed E-state index contributed by atoms with van der Waals surface area (Å²) in [6, 6.07) is 11.5. The van der Waals surface area contributed by atoms with Crippen molar-refractivity contribution in [1.29, 1.82) is 0 Å². The van der Waals surface area contributed by atoms with Gasteiger partial charge in [0, 0.05) is 22.0 Å². The van der Waals surface area contributed by atoms with Gasteiger partial charge < -0.3 is 5.32 Å². The number of carbonyl (C=O) groups excluding carboxylic acids is 1. The first-order valence-corrected chi connectivity index (χ1v) is 12.8. The molecule has 0 aliphatic heterocycles. The third-order valence-electron chi connectivity index (χ3n) is 4.28. The number of thiophene rings is 1. The van der Waals surface area contributed by atoms with Crippen molar-refractivity contribution in [3.8, 4) is 0 Å². The molecule has 0 aliphatic rings. The van der Waals surface area contributed by atoms with E-state index in [1.807, 2.05) is 32.0 Å². The SMILES string of the molecule is Cc1cc(C)nc(Sc2ccc(NC(=O)C(NS(=O)(=O)c3cccs3)C(C)C)cc2)n1. The van der Waals surface area contributed by atoms with Crippen LogP contribution >= 0.6 is 23.1 Å². The molecular weight excluding hydrogens is 452 g/mol. The lowest BCUT2D eigenvalue weighted by Crippen LogP contribution is -2.46. The molecule has 2 N–H and O–H groups in total. The van der Waals surface area contributed by atoms with E-state index in [0.29, 0.717) is 10.8 Å². The zero-order valence-corrected chi connectivity index (χ0v) is 20.1. The molecule has 1 atom stereocenters. The molecular formula is C21H24N4O3S3. The molecule has 0 aliphatic carbocycles. The molecule has 0 bridgehead atoms. The molecule has 2 aromatic heterocycles. The number of hydrogen-bond acceptors (Lipinski definition) is 7. The Bertz CT molecular complexity index is 1120. The van der Waals surface area contributed by atoms with Gasteiger partial charge in [-0.1, -0.05) is 19.9 Å². The molecule has 0 spiro atoms. The Hall–Kier alpha value is -2.27. The second-order valence-corrected chi connectivity index (χ2v) is 11.3. The fraction of sp³-hybridized carbons (Fsp3) is 0.286. The summed E-state index contributed by atoms with van der Waals surface area (Å²) < 4.78 is 27.8. The molecule has 0 fully saturated rings. The second kappa shape index (κ2) is 9.90. The number of nitrogens with zero attached hydrogens (tertiary/aromatic N) is 2. The van der Waals surface area contributed by atoms with Crippen LogP contribution in [0, 0.1) is 19.8 Å². The monoisotopic (exact) mass is 476 g/mol. The summed E-state index contributed by atoms with van der Waals surface area (Å²) in [4.78, 5) is 22.6. The maximum Gasteiger partial charge on any atom is 0.250 e. The van der Waals surface area contributed by atoms with Gasteiger partial charge in [-0.15, -0.1) is 11.3 Å². The van der Waals surface area contributed by atoms with E-state index in [1.165, 1.54) is 17.8 Å². The van der Waals surface area contributed by atoms with Gasteiger partial charge in [0.1, 0.15) is 10.3 Å². The van der Waals surface area contributed by atoms with Gasteiger partial charge in [0.25, 0.3) is 10.0 Å². The maximum absolute atomic E-state index is 12.8. The van der Waals surface area contributed by atoms with Gasteiger partial charge in [-0.05, 0) is 73.3 Å². The zero-order valence-electron chi connectivity index (χ0n) is 17.6. The summed E-state index contributed by atoms with van der Waals surface area (Å²) in [5, 5.41) is 5.14. The number of anilines is 1. The molecule has 1 amide bonds. The lowest BCUT2D eigenvalue weighted by atomic mass is 10.0. The van der Waals surface area contributed by atoms with Crippen molar-refractivity contribution in [1.82, 2.24) is 14.7 Å². The first-order chi connectivity index (χ1) is 14.6. The van der Waals surface area contributed by atoms with E-state index in [9.17, 15) is 13.2 Å². The van der Waals surface area contributed by atoms with Gasteiger partial charge in [0.05, 0.1) is 0 Å². The third kappa shape index (κ3) is 6.36. The van der Waals surface area contributed by atoms with E-state index < -0.39 is 22.0 Å². The maximum atomic E-state index is 12.8. The number of aromatic nitrogens is 2. The number of benzene rings is 1. The Morgan fingerprint density at radius 2 is 1.71 bits per heavy atom. The van der Waals surface area contributed by atoms with Crippen LogP contribution in [0.3, 0.4) is 0 Å². The average Bonchev–Trinajstić information content (AvgIpc) is 3.22. The van der Waals surface area contributed by atoms with Crippen LogP contribution in [0.15, 0.2) is 62.1 Å². The molecule has 0 saturated carbocycles. The van der Waals surface area contributed by atoms with Crippen molar-refractivity contribution in [3.05, 3.63) is 59.2 Å². The van der Waals surface area contributed by atoms with E-state index in [0.717, 1.165) is 27.6 Å². The molecule has 1 unspecified atom stereocenters. The largest absolute Gasteiger partial charge is 0.325 e. The summed E-state index contributed by atoms with van der Waals surface area (Å²) in [6.45, 7) is 7.44. The van der Waals surface area contributed by atoms with Crippen LogP contribution in [-0.4, -0.2) is 30.3 Å². The van der Waals surface area contributed by atoms with Crippen LogP contribution in [0.2, 0.25) is 0 Å². The normalized spacial score (nSPS) is 12.7. The van der Waals surface area contributed by atoms with Crippen LogP contribution < -0.4 is 10.0 Å². The van der Waals surface area contributed by atoms with Gasteiger partial charge in [0.15, 0.2) is 5.16 Å². The number of amides is 1. The standard InChI is InChI=1S/C21H24N4O3S3/c1-13(2)19(25-31(27,28)18-6-5-11-29-18)20(26)24-16-7-9-17(10-8-16)30-21-22-14(3)12-15(4)23-21/h5-13,19,25H,1-4H3,(H,24,26). The third-order valence-corrected chi connectivity index (χ3v) is 8.00. The Morgan fingerprint density at radius 1 is 1.06 bits per heavy atom. The second-order valence-electron chi connectivity index (χ2n) is 7.32. The van der Waals surface area contributed by atoms with Crippen molar-refractivity contribution < 1.29 is 13.2 Å². The molecule has 164 valence electrons. The summed E-state index contributed by atoms with van der Waals surface area (Å²) in [5.41, 5.74) is 2.39. The van der Waals surface area contributed by atoms with Crippen molar-refractivity contribution in [3.63, 3.8) is 0 Å². The molecule has 0 radical (unpaired) electrons. The topological polar surface area (TPSA) is 101 Å². The highest BCUT2D eigenvalue weighted by Crippen LogP contribution is 2.26. The zero-order chi connectivity index (χ0) is 22.6. The number of aryl methyl sites for hydroxylation is 2. The number of rotatable bonds is 8. The van der Waals surface area contributed by atoms with E-state index in [1.54, 1.807) is 37.4 Å². The summed E-state index contributed by atoms with van der Waals surface area (Å²) in [7, 11) is -3.76. The Balaban J connectivity index is 1.68. The van der Waals surface area contributed by atoms with Gasteiger partial charge in [0.2, 0.25) is 5.91 Å². The average molecular weight is 477 g/mol. The highest BCUT2D eigenvalue weighted by atomic mass is 32.2. The van der Waals surface area contributed by atoms with Crippen LogP contribution in [-0.2, 0) is 14.8 Å². The summed E-state index contributed by atoms with van der Waals surface area (Å²) in [6.07, 6.45) is 0. The van der Waals surface area contributed by atoms with Gasteiger partial charge >= 0.3 is 0 Å². The quantitative estimate of drug-likeness (QED) is 0.472. The number of carbonyl (C=O) groups is 1. The molecule has 3 aromatic rings. The minimum Gasteiger partial charge on any atom is -0.325 e. The van der Waals surface area contributed by atoms with Gasteiger partial charge in [-0.25, -0.2) is 18.4 Å². The molecule has 2 heterocycles. The van der Waals surface area contributed by atoms with E-state index in [2.05, 4.69) is 20.0 Å². The molecule has 1 aromatic carbocycles. The smallest absolute Gasteiger partial charge is 0.250 e. The Kier molecular flexibility index (Phi) is 7.47. The van der Waals surface area contributed by atoms with Crippen LogP contribution in [0.1, 0.15) is 25.2 Å². The molecule has 10 heteroatoms. The summed E-state index contributed by atoms with van der Waals surface area (Å²) in [5.74, 6) is -0.639. The predicted octanol–water partition coefficient (Wildman–Crippen LogP) is 4.25. The van der Waals surface area contributed by atoms with Crippen LogP contribution in [0.4, 0.5) is 5.69 Å². The fourth-order valence-electron chi connectivity index (χ4n) is 2.80. The minimum atomic E-state index is -3.76. The molecule has 3 rings (SSSR count). The molecule has 31 heavy (non-hydrogen) atoms. The Morgan fingerprint density at radius 3 is 2.26 bits per heavy atom. The van der Waals surface area contributed by atoms with Crippen molar-refractivity contribution >= 4 is 44.7 Å². The van der Waals surface area contributed by atoms with Crippen molar-refractivity contribution in [2.24, 2.45) is 5.92 Å². The Labute approximate surface area is 190 Å². The van der Waals surface area contributed by atoms with E-state index in [-0.39, 0.29) is 10.1 Å². The highest BCUT2D eigenvalue weighted by molar-refractivity contribution is 7.99. The fourth-order valence-corrected chi connectivity index (χ4v) is 6.02. The van der Waals surface area contributed by atoms with E-state index in [4.69, 9.17) is 0 Å². The number of sulfonamides is 1. The van der Waals surface area contributed by atoms with Gasteiger partial charge in [-0.2, -0.15) is 4.72 Å². The van der Waals surface area contributed by atoms with Crippen LogP contribution in [0.25, 0.3) is 0 Å². The van der Waals surface area contributed by atoms with Crippen molar-refractivity contribution in [2.75, 3.05) is 5.32 Å². The molecule has 0 saturated heterocycles. The van der Waals surface area contributed by atoms with E-state index >= 15 is 0 Å². The predicted molar refractivity (Wildman–Crippen MR) is 124 cm³/mol. The lowest BCUT2D eigenvalue weighted by molar-refractivity contribution is -0.118. The number of hydrogen-bond donors (Lipinski definition) is 2. The highest BCUT2D eigenvalue weighted by Gasteiger charge is 2.29. The summed E-state index contributed by atoms with van der Waals surface area (Å²) >= 11 is 2.54.